The molecule has 2 atom stereocenters. The minimum atomic E-state index is -0.860. The van der Waals surface area contributed by atoms with E-state index in [9.17, 15) is 14.9 Å². The Balaban J connectivity index is 1.18. The van der Waals surface area contributed by atoms with Crippen molar-refractivity contribution in [2.75, 3.05) is 43.4 Å². The molecular weight excluding hydrogens is 588 g/mol. The largest absolute Gasteiger partial charge is 0.461 e. The Bertz CT molecular complexity index is 1840. The second-order valence-corrected chi connectivity index (χ2v) is 14.3. The maximum absolute atomic E-state index is 14.4. The van der Waals surface area contributed by atoms with Gasteiger partial charge in [0.15, 0.2) is 5.65 Å². The monoisotopic (exact) mass is 614 g/mol. The van der Waals surface area contributed by atoms with Crippen molar-refractivity contribution in [3.05, 3.63) is 51.8 Å². The van der Waals surface area contributed by atoms with Crippen LogP contribution in [0.5, 0.6) is 6.01 Å². The van der Waals surface area contributed by atoms with Crippen LogP contribution in [-0.4, -0.2) is 74.1 Å². The van der Waals surface area contributed by atoms with E-state index in [2.05, 4.69) is 32.1 Å². The number of nitrogens with two attached hydrogens (primary N) is 1. The number of aromatic nitrogens is 5. The van der Waals surface area contributed by atoms with Gasteiger partial charge in [0.2, 0.25) is 0 Å². The highest BCUT2D eigenvalue weighted by atomic mass is 32.2. The minimum Gasteiger partial charge on any atom is -0.461 e. The SMILES string of the molecule is N#Cc1c(N)sc2c1C1(CN(c3nc(OC[C@@]45CCCN4C[C@H](F)C5)nc4c3c(C#N)cn4Cc3cccnn3)C1)SC2. The third-order valence-electron chi connectivity index (χ3n) is 9.24. The number of rotatable bonds is 6. The normalized spacial score (nSPS) is 23.7. The van der Waals surface area contributed by atoms with Crippen molar-refractivity contribution in [3.8, 4) is 18.1 Å². The third kappa shape index (κ3) is 4.08. The zero-order valence-corrected chi connectivity index (χ0v) is 24.8. The topological polar surface area (TPSA) is 146 Å². The summed E-state index contributed by atoms with van der Waals surface area (Å²) in [4.78, 5) is 15.2. The van der Waals surface area contributed by atoms with E-state index in [1.807, 2.05) is 28.5 Å². The first-order valence-electron chi connectivity index (χ1n) is 14.2. The van der Waals surface area contributed by atoms with Gasteiger partial charge in [-0.05, 0) is 31.5 Å². The van der Waals surface area contributed by atoms with E-state index in [0.29, 0.717) is 72.2 Å². The second kappa shape index (κ2) is 9.77. The average molecular weight is 615 g/mol. The molecule has 0 aliphatic carbocycles. The van der Waals surface area contributed by atoms with Crippen molar-refractivity contribution in [1.82, 2.24) is 29.6 Å². The van der Waals surface area contributed by atoms with Crippen LogP contribution in [0.4, 0.5) is 15.2 Å². The van der Waals surface area contributed by atoms with Gasteiger partial charge >= 0.3 is 6.01 Å². The lowest BCUT2D eigenvalue weighted by Gasteiger charge is -2.48. The number of hydrogen-bond acceptors (Lipinski definition) is 12. The van der Waals surface area contributed by atoms with Gasteiger partial charge in [0.05, 0.1) is 39.0 Å². The first-order chi connectivity index (χ1) is 20.9. The maximum Gasteiger partial charge on any atom is 0.320 e. The van der Waals surface area contributed by atoms with Crippen molar-refractivity contribution < 1.29 is 9.13 Å². The molecule has 2 N–H and O–H groups in total. The first kappa shape index (κ1) is 26.6. The fourth-order valence-electron chi connectivity index (χ4n) is 7.32. The minimum absolute atomic E-state index is 0.201. The van der Waals surface area contributed by atoms with Crippen LogP contribution in [-0.2, 0) is 17.0 Å². The second-order valence-electron chi connectivity index (χ2n) is 11.8. The van der Waals surface area contributed by atoms with E-state index >= 15 is 0 Å². The molecule has 218 valence electrons. The first-order valence-corrected chi connectivity index (χ1v) is 16.0. The average Bonchev–Trinajstić information content (AvgIpc) is 3.77. The number of anilines is 2. The maximum atomic E-state index is 14.4. The molecule has 0 saturated carbocycles. The molecule has 8 rings (SSSR count). The van der Waals surface area contributed by atoms with Gasteiger partial charge < -0.3 is 19.9 Å². The molecule has 0 amide bonds. The Morgan fingerprint density at radius 1 is 1.23 bits per heavy atom. The van der Waals surface area contributed by atoms with E-state index in [1.54, 1.807) is 12.4 Å². The Morgan fingerprint density at radius 3 is 2.91 bits per heavy atom. The highest BCUT2D eigenvalue weighted by Gasteiger charge is 2.53. The van der Waals surface area contributed by atoms with Crippen LogP contribution in [0.2, 0.25) is 0 Å². The molecule has 4 aromatic rings. The third-order valence-corrected chi connectivity index (χ3v) is 11.9. The number of nitrogens with zero attached hydrogens (tertiary/aromatic N) is 9. The van der Waals surface area contributed by atoms with E-state index in [4.69, 9.17) is 20.4 Å². The van der Waals surface area contributed by atoms with Gasteiger partial charge in [-0.2, -0.15) is 30.7 Å². The van der Waals surface area contributed by atoms with E-state index < -0.39 is 6.17 Å². The molecule has 4 aliphatic heterocycles. The summed E-state index contributed by atoms with van der Waals surface area (Å²) in [6.45, 7) is 3.21. The van der Waals surface area contributed by atoms with Gasteiger partial charge in [0, 0.05) is 54.6 Å². The van der Waals surface area contributed by atoms with Crippen molar-refractivity contribution in [3.63, 3.8) is 0 Å². The summed E-state index contributed by atoms with van der Waals surface area (Å²) in [6, 6.07) is 8.55. The van der Waals surface area contributed by atoms with Gasteiger partial charge in [-0.1, -0.05) is 0 Å². The number of thiophene rings is 1. The zero-order valence-electron chi connectivity index (χ0n) is 23.2. The summed E-state index contributed by atoms with van der Waals surface area (Å²) in [5.41, 5.74) is 9.22. The van der Waals surface area contributed by atoms with Crippen molar-refractivity contribution in [2.24, 2.45) is 0 Å². The van der Waals surface area contributed by atoms with Crippen LogP contribution in [0.15, 0.2) is 24.5 Å². The molecule has 0 radical (unpaired) electrons. The Hall–Kier alpha value is -3.98. The van der Waals surface area contributed by atoms with Crippen molar-refractivity contribution in [1.29, 1.82) is 10.5 Å². The number of thioether (sulfide) groups is 1. The lowest BCUT2D eigenvalue weighted by atomic mass is 9.88. The molecule has 0 unspecified atom stereocenters. The molecule has 43 heavy (non-hydrogen) atoms. The molecule has 0 bridgehead atoms. The van der Waals surface area contributed by atoms with Crippen LogP contribution >= 0.6 is 23.1 Å². The number of nitrogen functional groups attached to an aromatic ring is 1. The van der Waals surface area contributed by atoms with Crippen LogP contribution in [0.25, 0.3) is 11.0 Å². The molecule has 14 heteroatoms. The molecule has 8 heterocycles. The summed E-state index contributed by atoms with van der Waals surface area (Å²) in [6.07, 6.45) is 4.87. The quantitative estimate of drug-likeness (QED) is 0.340. The summed E-state index contributed by atoms with van der Waals surface area (Å²) >= 11 is 3.33. The van der Waals surface area contributed by atoms with Gasteiger partial charge in [-0.15, -0.1) is 23.1 Å². The van der Waals surface area contributed by atoms with Crippen LogP contribution in [0, 0.1) is 22.7 Å². The molecule has 3 saturated heterocycles. The summed E-state index contributed by atoms with van der Waals surface area (Å²) in [5.74, 6) is 1.44. The molecule has 1 spiro atoms. The number of fused-ring (bicyclic) bond motifs is 4. The van der Waals surface area contributed by atoms with E-state index in [1.165, 1.54) is 11.3 Å². The van der Waals surface area contributed by atoms with E-state index in [-0.39, 0.29) is 16.3 Å². The fourth-order valence-corrected chi connectivity index (χ4v) is 10.1. The van der Waals surface area contributed by atoms with Gasteiger partial charge in [-0.3, -0.25) is 4.90 Å². The highest BCUT2D eigenvalue weighted by molar-refractivity contribution is 8.00. The molecule has 3 fully saturated rings. The smallest absolute Gasteiger partial charge is 0.320 e. The predicted octanol–water partition coefficient (Wildman–Crippen LogP) is 3.57. The predicted molar refractivity (Wildman–Crippen MR) is 161 cm³/mol. The number of alkyl halides is 1. The summed E-state index contributed by atoms with van der Waals surface area (Å²) in [7, 11) is 0. The number of nitriles is 2. The Labute approximate surface area is 255 Å². The lowest BCUT2D eigenvalue weighted by Crippen LogP contribution is -2.57. The van der Waals surface area contributed by atoms with E-state index in [0.717, 1.165) is 41.3 Å². The van der Waals surface area contributed by atoms with Crippen LogP contribution in [0.3, 0.4) is 0 Å². The summed E-state index contributed by atoms with van der Waals surface area (Å²) < 4.78 is 22.4. The van der Waals surface area contributed by atoms with Crippen molar-refractivity contribution >= 4 is 45.0 Å². The van der Waals surface area contributed by atoms with Gasteiger partial charge in [0.25, 0.3) is 0 Å². The fraction of sp³-hybridized carbons (Fsp3) is 0.448. The number of halogens is 1. The summed E-state index contributed by atoms with van der Waals surface area (Å²) in [5, 5.41) is 29.5. The van der Waals surface area contributed by atoms with Crippen molar-refractivity contribution in [2.45, 2.75) is 48.0 Å². The molecule has 4 aromatic heterocycles. The zero-order chi connectivity index (χ0) is 29.3. The standard InChI is InChI=1S/C29H27FN10OS2/c30-18-7-28(4-2-6-40(28)11-18)16-41-27-35-25-22(17(8-31)10-38(25)12-19-3-1-5-34-37-19)26(36-27)39-14-29(15-39)23-20(9-32)24(33)43-21(23)13-42-29/h1,3,5,10,18H,2,4,6-7,11-16,33H2/t18-,28+/m1/s1. The molecule has 11 nitrogen and oxygen atoms in total. The number of hydrogen-bond donors (Lipinski definition) is 1. The molecular formula is C29H27FN10OS2. The number of ether oxygens (including phenoxy) is 1. The Morgan fingerprint density at radius 2 is 2.12 bits per heavy atom. The van der Waals surface area contributed by atoms with Crippen LogP contribution < -0.4 is 15.4 Å². The highest BCUT2D eigenvalue weighted by Crippen LogP contribution is 2.58. The van der Waals surface area contributed by atoms with Gasteiger partial charge in [0.1, 0.15) is 35.7 Å². The molecule has 0 aromatic carbocycles. The van der Waals surface area contributed by atoms with Gasteiger partial charge in [-0.25, -0.2) is 4.39 Å². The molecule has 4 aliphatic rings. The lowest BCUT2D eigenvalue weighted by molar-refractivity contribution is 0.107. The van der Waals surface area contributed by atoms with Crippen LogP contribution in [0.1, 0.15) is 46.5 Å². The Kier molecular flexibility index (Phi) is 6.05.